The standard InChI is InChI=1S/C20H23ClN2O3S/c1-3-23(14-19(24)22-16-5-4-6-17(13-16)26-2)20(25)11-12-27-18-9-7-15(21)8-10-18/h4-10,13H,3,11-12,14H2,1-2H3,(H,22,24). The average Bonchev–Trinajstić information content (AvgIpc) is 2.67. The number of carbonyl (C=O) groups excluding carboxylic acids is 2. The summed E-state index contributed by atoms with van der Waals surface area (Å²) in [5.41, 5.74) is 0.640. The molecule has 0 atom stereocenters. The van der Waals surface area contributed by atoms with Gasteiger partial charge in [0.2, 0.25) is 11.8 Å². The number of hydrogen-bond acceptors (Lipinski definition) is 4. The van der Waals surface area contributed by atoms with Crippen molar-refractivity contribution in [3.8, 4) is 5.75 Å². The van der Waals surface area contributed by atoms with E-state index in [9.17, 15) is 9.59 Å². The number of benzene rings is 2. The van der Waals surface area contributed by atoms with Crippen molar-refractivity contribution in [3.63, 3.8) is 0 Å². The third kappa shape index (κ3) is 7.15. The van der Waals surface area contributed by atoms with Gasteiger partial charge in [0, 0.05) is 40.4 Å². The third-order valence-corrected chi connectivity index (χ3v) is 5.09. The Balaban J connectivity index is 1.80. The number of carbonyl (C=O) groups is 2. The molecule has 0 spiro atoms. The summed E-state index contributed by atoms with van der Waals surface area (Å²) in [6.45, 7) is 2.37. The Morgan fingerprint density at radius 3 is 2.59 bits per heavy atom. The summed E-state index contributed by atoms with van der Waals surface area (Å²) in [6, 6.07) is 14.6. The Morgan fingerprint density at radius 2 is 1.93 bits per heavy atom. The molecule has 27 heavy (non-hydrogen) atoms. The van der Waals surface area contributed by atoms with Gasteiger partial charge in [-0.05, 0) is 43.3 Å². The van der Waals surface area contributed by atoms with Gasteiger partial charge in [-0.3, -0.25) is 9.59 Å². The Morgan fingerprint density at radius 1 is 1.19 bits per heavy atom. The monoisotopic (exact) mass is 406 g/mol. The summed E-state index contributed by atoms with van der Waals surface area (Å²) < 4.78 is 5.14. The Labute approximate surface area is 169 Å². The second kappa shape index (κ2) is 10.8. The highest BCUT2D eigenvalue weighted by atomic mass is 35.5. The van der Waals surface area contributed by atoms with E-state index in [1.807, 2.05) is 31.2 Å². The maximum absolute atomic E-state index is 12.4. The molecule has 5 nitrogen and oxygen atoms in total. The normalized spacial score (nSPS) is 10.3. The molecule has 0 radical (unpaired) electrons. The van der Waals surface area contributed by atoms with Crippen molar-refractivity contribution in [2.24, 2.45) is 0 Å². The zero-order valence-electron chi connectivity index (χ0n) is 15.4. The van der Waals surface area contributed by atoms with Gasteiger partial charge in [0.1, 0.15) is 5.75 Å². The van der Waals surface area contributed by atoms with Crippen molar-refractivity contribution in [3.05, 3.63) is 53.6 Å². The quantitative estimate of drug-likeness (QED) is 0.630. The third-order valence-electron chi connectivity index (χ3n) is 3.82. The van der Waals surface area contributed by atoms with Crippen LogP contribution in [0.1, 0.15) is 13.3 Å². The van der Waals surface area contributed by atoms with E-state index in [1.54, 1.807) is 48.0 Å². The van der Waals surface area contributed by atoms with Crippen molar-refractivity contribution < 1.29 is 14.3 Å². The van der Waals surface area contributed by atoms with Crippen molar-refractivity contribution in [2.75, 3.05) is 31.3 Å². The molecule has 1 N–H and O–H groups in total. The molecule has 0 aliphatic rings. The van der Waals surface area contributed by atoms with Gasteiger partial charge in [-0.25, -0.2) is 0 Å². The van der Waals surface area contributed by atoms with Crippen molar-refractivity contribution in [2.45, 2.75) is 18.2 Å². The van der Waals surface area contributed by atoms with Crippen LogP contribution in [0.2, 0.25) is 5.02 Å². The highest BCUT2D eigenvalue weighted by Crippen LogP contribution is 2.21. The fraction of sp³-hybridized carbons (Fsp3) is 0.300. The molecule has 2 aromatic carbocycles. The van der Waals surface area contributed by atoms with Crippen LogP contribution < -0.4 is 10.1 Å². The molecular weight excluding hydrogens is 384 g/mol. The van der Waals surface area contributed by atoms with Gasteiger partial charge >= 0.3 is 0 Å². The average molecular weight is 407 g/mol. The van der Waals surface area contributed by atoms with E-state index in [0.29, 0.717) is 35.2 Å². The molecule has 0 heterocycles. The van der Waals surface area contributed by atoms with Gasteiger partial charge < -0.3 is 15.0 Å². The second-order valence-electron chi connectivity index (χ2n) is 5.74. The lowest BCUT2D eigenvalue weighted by molar-refractivity contribution is -0.134. The van der Waals surface area contributed by atoms with E-state index in [2.05, 4.69) is 5.32 Å². The zero-order valence-corrected chi connectivity index (χ0v) is 17.0. The first-order chi connectivity index (χ1) is 13.0. The second-order valence-corrected chi connectivity index (χ2v) is 7.35. The summed E-state index contributed by atoms with van der Waals surface area (Å²) in [7, 11) is 1.57. The zero-order chi connectivity index (χ0) is 19.6. The maximum atomic E-state index is 12.4. The van der Waals surface area contributed by atoms with Crippen molar-refractivity contribution in [1.82, 2.24) is 4.90 Å². The van der Waals surface area contributed by atoms with Gasteiger partial charge in [0.15, 0.2) is 0 Å². The first-order valence-electron chi connectivity index (χ1n) is 8.62. The minimum Gasteiger partial charge on any atom is -0.497 e. The predicted molar refractivity (Wildman–Crippen MR) is 111 cm³/mol. The van der Waals surface area contributed by atoms with E-state index in [-0.39, 0.29) is 18.4 Å². The molecule has 2 rings (SSSR count). The number of halogens is 1. The van der Waals surface area contributed by atoms with Crippen LogP contribution in [0, 0.1) is 0 Å². The van der Waals surface area contributed by atoms with Crippen LogP contribution in [-0.4, -0.2) is 42.7 Å². The van der Waals surface area contributed by atoms with E-state index in [4.69, 9.17) is 16.3 Å². The molecule has 144 valence electrons. The Kier molecular flexibility index (Phi) is 8.48. The van der Waals surface area contributed by atoms with Crippen molar-refractivity contribution in [1.29, 1.82) is 0 Å². The number of methoxy groups -OCH3 is 1. The van der Waals surface area contributed by atoms with Crippen LogP contribution in [0.15, 0.2) is 53.4 Å². The first-order valence-corrected chi connectivity index (χ1v) is 9.98. The molecular formula is C20H23ClN2O3S. The van der Waals surface area contributed by atoms with Gasteiger partial charge in [-0.1, -0.05) is 17.7 Å². The van der Waals surface area contributed by atoms with Gasteiger partial charge in [-0.15, -0.1) is 11.8 Å². The number of nitrogens with one attached hydrogen (secondary N) is 1. The fourth-order valence-electron chi connectivity index (χ4n) is 2.40. The molecule has 0 saturated heterocycles. The summed E-state index contributed by atoms with van der Waals surface area (Å²) in [5.74, 6) is 1.04. The van der Waals surface area contributed by atoms with Gasteiger partial charge in [0.25, 0.3) is 0 Å². The number of anilines is 1. The lowest BCUT2D eigenvalue weighted by Crippen LogP contribution is -2.38. The predicted octanol–water partition coefficient (Wildman–Crippen LogP) is 4.32. The number of rotatable bonds is 9. The molecule has 0 aliphatic heterocycles. The molecule has 2 aromatic rings. The number of amides is 2. The highest BCUT2D eigenvalue weighted by molar-refractivity contribution is 7.99. The first kappa shape index (κ1) is 21.1. The summed E-state index contributed by atoms with van der Waals surface area (Å²) >= 11 is 7.46. The van der Waals surface area contributed by atoms with Crippen molar-refractivity contribution >= 4 is 40.9 Å². The molecule has 0 bridgehead atoms. The van der Waals surface area contributed by atoms with Crippen LogP contribution in [0.25, 0.3) is 0 Å². The highest BCUT2D eigenvalue weighted by Gasteiger charge is 2.15. The topological polar surface area (TPSA) is 58.6 Å². The van der Waals surface area contributed by atoms with Crippen LogP contribution in [0.4, 0.5) is 5.69 Å². The minimum atomic E-state index is -0.233. The van der Waals surface area contributed by atoms with E-state index in [0.717, 1.165) is 4.90 Å². The van der Waals surface area contributed by atoms with E-state index < -0.39 is 0 Å². The fourth-order valence-corrected chi connectivity index (χ4v) is 3.36. The number of thioether (sulfide) groups is 1. The van der Waals surface area contributed by atoms with E-state index >= 15 is 0 Å². The smallest absolute Gasteiger partial charge is 0.243 e. The molecule has 0 fully saturated rings. The Hall–Kier alpha value is -2.18. The lowest BCUT2D eigenvalue weighted by atomic mass is 10.3. The molecule has 0 aromatic heterocycles. The largest absolute Gasteiger partial charge is 0.497 e. The summed E-state index contributed by atoms with van der Waals surface area (Å²) in [5, 5.41) is 3.48. The van der Waals surface area contributed by atoms with Crippen LogP contribution >= 0.6 is 23.4 Å². The number of ether oxygens (including phenoxy) is 1. The lowest BCUT2D eigenvalue weighted by Gasteiger charge is -2.20. The summed E-state index contributed by atoms with van der Waals surface area (Å²) in [4.78, 5) is 27.3. The molecule has 0 unspecified atom stereocenters. The van der Waals surface area contributed by atoms with Crippen LogP contribution in [0.3, 0.4) is 0 Å². The molecule has 0 aliphatic carbocycles. The maximum Gasteiger partial charge on any atom is 0.243 e. The molecule has 0 saturated carbocycles. The van der Waals surface area contributed by atoms with Gasteiger partial charge in [-0.2, -0.15) is 0 Å². The number of hydrogen-bond donors (Lipinski definition) is 1. The van der Waals surface area contributed by atoms with Crippen LogP contribution in [-0.2, 0) is 9.59 Å². The van der Waals surface area contributed by atoms with E-state index in [1.165, 1.54) is 0 Å². The molecule has 7 heteroatoms. The SMILES string of the molecule is CCN(CC(=O)Nc1cccc(OC)c1)C(=O)CCSc1ccc(Cl)cc1. The van der Waals surface area contributed by atoms with Crippen LogP contribution in [0.5, 0.6) is 5.75 Å². The van der Waals surface area contributed by atoms with Gasteiger partial charge in [0.05, 0.1) is 13.7 Å². The molecule has 2 amide bonds. The number of likely N-dealkylation sites (N-methyl/N-ethyl adjacent to an activating group) is 1. The Bertz CT molecular complexity index is 768. The number of nitrogens with zero attached hydrogens (tertiary/aromatic N) is 1. The summed E-state index contributed by atoms with van der Waals surface area (Å²) in [6.07, 6.45) is 0.369. The minimum absolute atomic E-state index is 0.0259.